The molecule has 0 bridgehead atoms. The van der Waals surface area contributed by atoms with Gasteiger partial charge >= 0.3 is 0 Å². The fourth-order valence-corrected chi connectivity index (χ4v) is 1.61. The third-order valence-corrected chi connectivity index (χ3v) is 2.68. The van der Waals surface area contributed by atoms with E-state index in [1.54, 1.807) is 11.6 Å². The molecule has 1 heterocycles. The van der Waals surface area contributed by atoms with Crippen LogP contribution in [0.25, 0.3) is 0 Å². The highest BCUT2D eigenvalue weighted by atomic mass is 16.3. The van der Waals surface area contributed by atoms with Crippen molar-refractivity contribution in [3.63, 3.8) is 0 Å². The summed E-state index contributed by atoms with van der Waals surface area (Å²) in [6.45, 7) is 5.56. The number of carbonyl (C=O) groups excluding carboxylic acids is 1. The molecule has 0 aliphatic rings. The first-order chi connectivity index (χ1) is 7.45. The van der Waals surface area contributed by atoms with Gasteiger partial charge in [0.2, 0.25) is 5.91 Å². The summed E-state index contributed by atoms with van der Waals surface area (Å²) in [4.78, 5) is 11.6. The summed E-state index contributed by atoms with van der Waals surface area (Å²) in [7, 11) is 1.86. The van der Waals surface area contributed by atoms with Crippen LogP contribution in [0.3, 0.4) is 0 Å². The molecule has 2 N–H and O–H groups in total. The average Bonchev–Trinajstić information content (AvgIpc) is 2.45. The molecule has 5 nitrogen and oxygen atoms in total. The Bertz CT molecular complexity index is 385. The monoisotopic (exact) mass is 225 g/mol. The summed E-state index contributed by atoms with van der Waals surface area (Å²) in [5.41, 5.74) is 2.85. The van der Waals surface area contributed by atoms with E-state index in [-0.39, 0.29) is 18.6 Å². The fourth-order valence-electron chi connectivity index (χ4n) is 1.61. The van der Waals surface area contributed by atoms with Gasteiger partial charge in [0.1, 0.15) is 0 Å². The highest BCUT2D eigenvalue weighted by molar-refractivity contribution is 5.79. The average molecular weight is 225 g/mol. The number of aryl methyl sites for hydroxylation is 2. The third kappa shape index (κ3) is 2.82. The Kier molecular flexibility index (Phi) is 4.06. The third-order valence-electron chi connectivity index (χ3n) is 2.68. The maximum Gasteiger partial charge on any atom is 0.224 e. The maximum atomic E-state index is 11.6. The molecule has 1 atom stereocenters. The first-order valence-corrected chi connectivity index (χ1v) is 5.35. The van der Waals surface area contributed by atoms with Crippen molar-refractivity contribution >= 4 is 5.91 Å². The van der Waals surface area contributed by atoms with Crippen LogP contribution >= 0.6 is 0 Å². The van der Waals surface area contributed by atoms with Gasteiger partial charge in [-0.25, -0.2) is 0 Å². The molecule has 0 aromatic carbocycles. The zero-order chi connectivity index (χ0) is 12.3. The SMILES string of the molecule is Cc1nn(C)c(C)c1CC(=O)N[C@H](C)CO. The second-order valence-electron chi connectivity index (χ2n) is 4.10. The van der Waals surface area contributed by atoms with Crippen molar-refractivity contribution in [1.82, 2.24) is 15.1 Å². The van der Waals surface area contributed by atoms with E-state index in [0.717, 1.165) is 17.0 Å². The lowest BCUT2D eigenvalue weighted by Crippen LogP contribution is -2.36. The standard InChI is InChI=1S/C11H19N3O2/c1-7(6-15)12-11(16)5-10-8(2)13-14(4)9(10)3/h7,15H,5-6H2,1-4H3,(H,12,16)/t7-/m1/s1. The van der Waals surface area contributed by atoms with E-state index < -0.39 is 0 Å². The summed E-state index contributed by atoms with van der Waals surface area (Å²) in [5.74, 6) is -0.0826. The van der Waals surface area contributed by atoms with Crippen LogP contribution in [0.4, 0.5) is 0 Å². The predicted octanol–water partition coefficient (Wildman–Crippen LogP) is 0.0764. The second kappa shape index (κ2) is 5.12. The van der Waals surface area contributed by atoms with E-state index >= 15 is 0 Å². The van der Waals surface area contributed by atoms with Gasteiger partial charge in [-0.2, -0.15) is 5.10 Å². The normalized spacial score (nSPS) is 12.6. The van der Waals surface area contributed by atoms with E-state index in [9.17, 15) is 4.79 Å². The summed E-state index contributed by atoms with van der Waals surface area (Å²) >= 11 is 0. The van der Waals surface area contributed by atoms with Gasteiger partial charge in [-0.3, -0.25) is 9.48 Å². The Morgan fingerprint density at radius 2 is 2.19 bits per heavy atom. The molecule has 90 valence electrons. The molecule has 1 aromatic rings. The molecule has 0 aliphatic heterocycles. The van der Waals surface area contributed by atoms with E-state index in [2.05, 4.69) is 10.4 Å². The van der Waals surface area contributed by atoms with Crippen LogP contribution in [0.15, 0.2) is 0 Å². The number of hydrogen-bond donors (Lipinski definition) is 2. The van der Waals surface area contributed by atoms with Crippen molar-refractivity contribution in [1.29, 1.82) is 0 Å². The molecule has 1 aromatic heterocycles. The van der Waals surface area contributed by atoms with Crippen LogP contribution in [-0.4, -0.2) is 33.4 Å². The van der Waals surface area contributed by atoms with Crippen LogP contribution in [-0.2, 0) is 18.3 Å². The first kappa shape index (κ1) is 12.7. The first-order valence-electron chi connectivity index (χ1n) is 5.35. The van der Waals surface area contributed by atoms with Gasteiger partial charge in [0.15, 0.2) is 0 Å². The highest BCUT2D eigenvalue weighted by Gasteiger charge is 2.14. The Morgan fingerprint density at radius 3 is 2.62 bits per heavy atom. The number of aliphatic hydroxyl groups excluding tert-OH is 1. The lowest BCUT2D eigenvalue weighted by atomic mass is 10.1. The Labute approximate surface area is 95.5 Å². The van der Waals surface area contributed by atoms with Crippen LogP contribution in [0.1, 0.15) is 23.9 Å². The largest absolute Gasteiger partial charge is 0.394 e. The number of aliphatic hydroxyl groups is 1. The summed E-state index contributed by atoms with van der Waals surface area (Å²) < 4.78 is 1.77. The smallest absolute Gasteiger partial charge is 0.224 e. The minimum atomic E-state index is -0.204. The molecule has 0 aliphatic carbocycles. The minimum absolute atomic E-state index is 0.0449. The molecule has 0 spiro atoms. The Morgan fingerprint density at radius 1 is 1.56 bits per heavy atom. The minimum Gasteiger partial charge on any atom is -0.394 e. The molecule has 5 heteroatoms. The lowest BCUT2D eigenvalue weighted by Gasteiger charge is -2.10. The summed E-state index contributed by atoms with van der Waals surface area (Å²) in [5, 5.41) is 15.8. The summed E-state index contributed by atoms with van der Waals surface area (Å²) in [6, 6.07) is -0.204. The van der Waals surface area contributed by atoms with Crippen LogP contribution in [0, 0.1) is 13.8 Å². The lowest BCUT2D eigenvalue weighted by molar-refractivity contribution is -0.121. The van der Waals surface area contributed by atoms with E-state index in [1.165, 1.54) is 0 Å². The number of hydrogen-bond acceptors (Lipinski definition) is 3. The Hall–Kier alpha value is -1.36. The number of carbonyl (C=O) groups is 1. The predicted molar refractivity (Wildman–Crippen MR) is 61.1 cm³/mol. The number of amides is 1. The van der Waals surface area contributed by atoms with Gasteiger partial charge in [-0.1, -0.05) is 0 Å². The number of aromatic nitrogens is 2. The van der Waals surface area contributed by atoms with Crippen molar-refractivity contribution in [3.05, 3.63) is 17.0 Å². The molecule has 0 fully saturated rings. The van der Waals surface area contributed by atoms with Crippen molar-refractivity contribution < 1.29 is 9.90 Å². The van der Waals surface area contributed by atoms with Crippen LogP contribution < -0.4 is 5.32 Å². The molecule has 0 saturated heterocycles. The second-order valence-corrected chi connectivity index (χ2v) is 4.10. The van der Waals surface area contributed by atoms with Crippen molar-refractivity contribution in [2.45, 2.75) is 33.2 Å². The Balaban J connectivity index is 2.70. The van der Waals surface area contributed by atoms with Crippen molar-refractivity contribution in [2.24, 2.45) is 7.05 Å². The van der Waals surface area contributed by atoms with Gasteiger partial charge in [-0.05, 0) is 20.8 Å². The number of nitrogens with one attached hydrogen (secondary N) is 1. The summed E-state index contributed by atoms with van der Waals surface area (Å²) in [6.07, 6.45) is 0.315. The number of nitrogens with zero attached hydrogens (tertiary/aromatic N) is 2. The van der Waals surface area contributed by atoms with Crippen molar-refractivity contribution in [3.8, 4) is 0 Å². The molecule has 0 unspecified atom stereocenters. The zero-order valence-electron chi connectivity index (χ0n) is 10.2. The quantitative estimate of drug-likeness (QED) is 0.762. The van der Waals surface area contributed by atoms with Gasteiger partial charge in [0.05, 0.1) is 18.7 Å². The van der Waals surface area contributed by atoms with Gasteiger partial charge < -0.3 is 10.4 Å². The van der Waals surface area contributed by atoms with E-state index in [0.29, 0.717) is 6.42 Å². The van der Waals surface area contributed by atoms with E-state index in [1.807, 2.05) is 20.9 Å². The fraction of sp³-hybridized carbons (Fsp3) is 0.636. The zero-order valence-corrected chi connectivity index (χ0v) is 10.2. The van der Waals surface area contributed by atoms with Gasteiger partial charge in [-0.15, -0.1) is 0 Å². The molecular weight excluding hydrogens is 206 g/mol. The molecule has 1 rings (SSSR count). The molecule has 0 saturated carbocycles. The molecular formula is C11H19N3O2. The van der Waals surface area contributed by atoms with E-state index in [4.69, 9.17) is 5.11 Å². The van der Waals surface area contributed by atoms with Crippen LogP contribution in [0.2, 0.25) is 0 Å². The highest BCUT2D eigenvalue weighted by Crippen LogP contribution is 2.12. The van der Waals surface area contributed by atoms with Gasteiger partial charge in [0, 0.05) is 24.3 Å². The topological polar surface area (TPSA) is 67.2 Å². The van der Waals surface area contributed by atoms with Crippen molar-refractivity contribution in [2.75, 3.05) is 6.61 Å². The van der Waals surface area contributed by atoms with Gasteiger partial charge in [0.25, 0.3) is 0 Å². The maximum absolute atomic E-state index is 11.6. The molecule has 16 heavy (non-hydrogen) atoms. The van der Waals surface area contributed by atoms with Crippen LogP contribution in [0.5, 0.6) is 0 Å². The molecule has 1 amide bonds. The number of rotatable bonds is 4. The molecule has 0 radical (unpaired) electrons.